The number of hydrogen-bond donors (Lipinski definition) is 3. The molecule has 3 N–H and O–H groups in total. The number of nitrogens with one attached hydrogen (secondary N) is 2. The molecule has 0 aliphatic rings. The number of aromatic nitrogens is 3. The molecule has 2 aromatic carbocycles. The third kappa shape index (κ3) is 5.22. The van der Waals surface area contributed by atoms with E-state index in [9.17, 15) is 32.3 Å². The summed E-state index contributed by atoms with van der Waals surface area (Å²) in [6.07, 6.45) is -1.96. The fourth-order valence-corrected chi connectivity index (χ4v) is 3.78. The molecule has 0 bridgehead atoms. The van der Waals surface area contributed by atoms with Crippen LogP contribution in [0.3, 0.4) is 0 Å². The van der Waals surface area contributed by atoms with Crippen molar-refractivity contribution in [1.82, 2.24) is 19.4 Å². The van der Waals surface area contributed by atoms with Crippen molar-refractivity contribution in [1.29, 1.82) is 0 Å². The Morgan fingerprint density at radius 1 is 1.03 bits per heavy atom. The summed E-state index contributed by atoms with van der Waals surface area (Å²) in [7, 11) is 0. The molecule has 2 heterocycles. The molecule has 0 unspecified atom stereocenters. The van der Waals surface area contributed by atoms with E-state index in [1.165, 1.54) is 18.5 Å². The molecule has 0 aliphatic carbocycles. The summed E-state index contributed by atoms with van der Waals surface area (Å²) in [5, 5.41) is 11.8. The molecule has 9 nitrogen and oxygen atoms in total. The minimum absolute atomic E-state index is 0.0602. The van der Waals surface area contributed by atoms with Crippen LogP contribution in [0.1, 0.15) is 16.7 Å². The van der Waals surface area contributed by atoms with Crippen molar-refractivity contribution in [2.24, 2.45) is 0 Å². The number of halogens is 3. The standard InChI is InChI=1S/C24H19F3N4O5/c25-24(26,27)16-9-17-19(31(13-21(33)34)23(36)22(35)29-17)10-18(16)30-7-6-15(12-30)11-28-20(32)8-14-4-2-1-3-5-14/h1-7,9-10,12H,8,11,13H2,(H,28,32)(H,29,35)(H,33,34). The monoisotopic (exact) mass is 500 g/mol. The maximum Gasteiger partial charge on any atom is 0.418 e. The molecule has 36 heavy (non-hydrogen) atoms. The number of aliphatic carboxylic acids is 1. The van der Waals surface area contributed by atoms with Gasteiger partial charge in [0.1, 0.15) is 6.54 Å². The second-order valence-corrected chi connectivity index (χ2v) is 7.99. The lowest BCUT2D eigenvalue weighted by atomic mass is 10.1. The Morgan fingerprint density at radius 2 is 1.75 bits per heavy atom. The molecule has 4 aromatic rings. The van der Waals surface area contributed by atoms with Gasteiger partial charge in [0.2, 0.25) is 5.91 Å². The fourth-order valence-electron chi connectivity index (χ4n) is 3.78. The lowest BCUT2D eigenvalue weighted by Crippen LogP contribution is -2.38. The van der Waals surface area contributed by atoms with Gasteiger partial charge in [-0.15, -0.1) is 0 Å². The van der Waals surface area contributed by atoms with E-state index in [1.54, 1.807) is 24.3 Å². The third-order valence-corrected chi connectivity index (χ3v) is 5.42. The Bertz CT molecular complexity index is 1570. The van der Waals surface area contributed by atoms with Gasteiger partial charge in [-0.05, 0) is 29.3 Å². The molecule has 0 saturated carbocycles. The molecule has 12 heteroatoms. The maximum atomic E-state index is 13.9. The quantitative estimate of drug-likeness (QED) is 0.336. The van der Waals surface area contributed by atoms with E-state index >= 15 is 0 Å². The van der Waals surface area contributed by atoms with Gasteiger partial charge in [-0.25, -0.2) is 0 Å². The normalized spacial score (nSPS) is 11.5. The zero-order chi connectivity index (χ0) is 26.0. The molecule has 1 amide bonds. The molecule has 4 rings (SSSR count). The van der Waals surface area contributed by atoms with E-state index in [0.717, 1.165) is 16.2 Å². The zero-order valence-electron chi connectivity index (χ0n) is 18.5. The third-order valence-electron chi connectivity index (χ3n) is 5.42. The van der Waals surface area contributed by atoms with Crippen LogP contribution in [-0.2, 0) is 35.3 Å². The van der Waals surface area contributed by atoms with Crippen LogP contribution >= 0.6 is 0 Å². The zero-order valence-corrected chi connectivity index (χ0v) is 18.5. The van der Waals surface area contributed by atoms with E-state index in [1.807, 2.05) is 6.07 Å². The first-order chi connectivity index (χ1) is 17.0. The van der Waals surface area contributed by atoms with Crippen molar-refractivity contribution in [3.8, 4) is 5.69 Å². The Hall–Kier alpha value is -4.61. The lowest BCUT2D eigenvalue weighted by molar-refractivity contribution is -0.138. The predicted octanol–water partition coefficient (Wildman–Crippen LogP) is 2.44. The topological polar surface area (TPSA) is 126 Å². The molecule has 0 fully saturated rings. The van der Waals surface area contributed by atoms with Crippen LogP contribution in [-0.4, -0.2) is 31.1 Å². The number of carbonyl (C=O) groups is 2. The van der Waals surface area contributed by atoms with Crippen LogP contribution < -0.4 is 16.4 Å². The Kier molecular flexibility index (Phi) is 6.51. The number of carboxylic acids is 1. The number of carbonyl (C=O) groups excluding carboxylic acids is 1. The van der Waals surface area contributed by atoms with Gasteiger partial charge in [-0.2, -0.15) is 13.2 Å². The average Bonchev–Trinajstić information content (AvgIpc) is 3.29. The predicted molar refractivity (Wildman–Crippen MR) is 123 cm³/mol. The summed E-state index contributed by atoms with van der Waals surface area (Å²) < 4.78 is 43.4. The van der Waals surface area contributed by atoms with E-state index < -0.39 is 35.4 Å². The van der Waals surface area contributed by atoms with Crippen molar-refractivity contribution in [2.75, 3.05) is 0 Å². The first kappa shape index (κ1) is 24.5. The smallest absolute Gasteiger partial charge is 0.418 e. The number of benzene rings is 2. The van der Waals surface area contributed by atoms with Crippen LogP contribution in [0.5, 0.6) is 0 Å². The highest BCUT2D eigenvalue weighted by atomic mass is 19.4. The molecule has 186 valence electrons. The number of nitrogens with zero attached hydrogens (tertiary/aromatic N) is 2. The molecule has 0 atom stereocenters. The number of alkyl halides is 3. The number of carboxylic acid groups (broad SMARTS) is 1. The first-order valence-electron chi connectivity index (χ1n) is 10.6. The molecular formula is C24H19F3N4O5. The van der Waals surface area contributed by atoms with Gasteiger partial charge < -0.3 is 20.0 Å². The summed E-state index contributed by atoms with van der Waals surface area (Å²) in [4.78, 5) is 49.6. The molecule has 0 radical (unpaired) electrons. The summed E-state index contributed by atoms with van der Waals surface area (Å²) in [6, 6.07) is 12.2. The first-order valence-corrected chi connectivity index (χ1v) is 10.6. The number of aromatic amines is 1. The Balaban J connectivity index is 1.70. The summed E-state index contributed by atoms with van der Waals surface area (Å²) in [5.41, 5.74) is -3.14. The number of fused-ring (bicyclic) bond motifs is 1. The Labute approximate surface area is 200 Å². The fraction of sp³-hybridized carbons (Fsp3) is 0.167. The van der Waals surface area contributed by atoms with E-state index in [0.29, 0.717) is 16.2 Å². The largest absolute Gasteiger partial charge is 0.480 e. The molecular weight excluding hydrogens is 481 g/mol. The highest BCUT2D eigenvalue weighted by molar-refractivity contribution is 5.81. The van der Waals surface area contributed by atoms with E-state index in [2.05, 4.69) is 10.3 Å². The van der Waals surface area contributed by atoms with Crippen molar-refractivity contribution < 1.29 is 27.9 Å². The second-order valence-electron chi connectivity index (χ2n) is 7.99. The van der Waals surface area contributed by atoms with Crippen LogP contribution in [0.25, 0.3) is 16.7 Å². The number of amides is 1. The van der Waals surface area contributed by atoms with Gasteiger partial charge in [-0.1, -0.05) is 30.3 Å². The van der Waals surface area contributed by atoms with Gasteiger partial charge in [0.05, 0.1) is 28.7 Å². The van der Waals surface area contributed by atoms with Crippen molar-refractivity contribution in [3.63, 3.8) is 0 Å². The van der Waals surface area contributed by atoms with Crippen molar-refractivity contribution in [2.45, 2.75) is 25.7 Å². The number of hydrogen-bond acceptors (Lipinski definition) is 4. The highest BCUT2D eigenvalue weighted by Gasteiger charge is 2.35. The molecule has 2 aromatic heterocycles. The molecule has 0 spiro atoms. The molecule has 0 aliphatic heterocycles. The van der Waals surface area contributed by atoms with Crippen molar-refractivity contribution >= 4 is 22.9 Å². The van der Waals surface area contributed by atoms with Crippen LogP contribution in [0.4, 0.5) is 13.2 Å². The van der Waals surface area contributed by atoms with Crippen LogP contribution in [0.15, 0.2) is 70.5 Å². The van der Waals surface area contributed by atoms with Gasteiger partial charge in [0, 0.05) is 18.9 Å². The Morgan fingerprint density at radius 3 is 2.42 bits per heavy atom. The SMILES string of the molecule is O=C(O)Cn1c(=O)c(=O)[nH]c2cc(C(F)(F)F)c(-n3ccc(CNC(=O)Cc4ccccc4)c3)cc21. The number of H-pyrrole nitrogens is 1. The van der Waals surface area contributed by atoms with Crippen molar-refractivity contribution in [3.05, 3.63) is 98.3 Å². The number of rotatable bonds is 7. The summed E-state index contributed by atoms with van der Waals surface area (Å²) in [6.45, 7) is -0.848. The highest BCUT2D eigenvalue weighted by Crippen LogP contribution is 2.36. The summed E-state index contributed by atoms with van der Waals surface area (Å²) >= 11 is 0. The van der Waals surface area contributed by atoms with E-state index in [-0.39, 0.29) is 35.6 Å². The maximum absolute atomic E-state index is 13.9. The lowest BCUT2D eigenvalue weighted by Gasteiger charge is -2.17. The van der Waals surface area contributed by atoms with Crippen LogP contribution in [0.2, 0.25) is 0 Å². The minimum Gasteiger partial charge on any atom is -0.480 e. The van der Waals surface area contributed by atoms with Gasteiger partial charge in [-0.3, -0.25) is 23.7 Å². The van der Waals surface area contributed by atoms with Gasteiger partial charge >= 0.3 is 23.3 Å². The summed E-state index contributed by atoms with van der Waals surface area (Å²) in [5.74, 6) is -1.71. The van der Waals surface area contributed by atoms with Crippen LogP contribution in [0, 0.1) is 0 Å². The van der Waals surface area contributed by atoms with Gasteiger partial charge in [0.25, 0.3) is 0 Å². The van der Waals surface area contributed by atoms with E-state index in [4.69, 9.17) is 5.11 Å². The minimum atomic E-state index is -4.83. The molecule has 0 saturated heterocycles. The van der Waals surface area contributed by atoms with Gasteiger partial charge in [0.15, 0.2) is 0 Å². The second kappa shape index (κ2) is 9.56. The average molecular weight is 500 g/mol.